The van der Waals surface area contributed by atoms with Crippen molar-refractivity contribution in [2.45, 2.75) is 39.7 Å². The number of benzene rings is 1. The van der Waals surface area contributed by atoms with Crippen molar-refractivity contribution in [1.29, 1.82) is 0 Å². The van der Waals surface area contributed by atoms with Crippen molar-refractivity contribution in [3.8, 4) is 0 Å². The average molecular weight is 264 g/mol. The van der Waals surface area contributed by atoms with Gasteiger partial charge in [0.1, 0.15) is 0 Å². The van der Waals surface area contributed by atoms with E-state index >= 15 is 0 Å². The van der Waals surface area contributed by atoms with Gasteiger partial charge in [-0.05, 0) is 30.7 Å². The molecule has 0 heterocycles. The first-order valence-electron chi connectivity index (χ1n) is 6.94. The molecule has 3 heteroatoms. The Morgan fingerprint density at radius 2 is 1.84 bits per heavy atom. The number of rotatable bonds is 9. The Hall–Kier alpha value is -1.35. The molecule has 1 N–H and O–H groups in total. The van der Waals surface area contributed by atoms with Gasteiger partial charge in [0.25, 0.3) is 0 Å². The standard InChI is InChI=1S/C16H24O3/c1-13(8-9-14(2)16(17)18)10-11-19-12-15-6-4-3-5-7-15/h3-7,13-14H,8-12H2,1-2H3,(H,17,18). The molecule has 2 atom stereocenters. The van der Waals surface area contributed by atoms with Gasteiger partial charge in [-0.15, -0.1) is 0 Å². The Morgan fingerprint density at radius 1 is 1.16 bits per heavy atom. The van der Waals surface area contributed by atoms with Gasteiger partial charge in [-0.2, -0.15) is 0 Å². The van der Waals surface area contributed by atoms with E-state index < -0.39 is 5.97 Å². The summed E-state index contributed by atoms with van der Waals surface area (Å²) >= 11 is 0. The molecule has 0 amide bonds. The summed E-state index contributed by atoms with van der Waals surface area (Å²) in [6.07, 6.45) is 2.68. The second kappa shape index (κ2) is 8.70. The average Bonchev–Trinajstić information content (AvgIpc) is 2.42. The second-order valence-corrected chi connectivity index (χ2v) is 5.25. The number of carbonyl (C=O) groups is 1. The van der Waals surface area contributed by atoms with Crippen LogP contribution in [0.25, 0.3) is 0 Å². The fourth-order valence-corrected chi connectivity index (χ4v) is 1.85. The SMILES string of the molecule is CC(CCOCc1ccccc1)CCC(C)C(=O)O. The largest absolute Gasteiger partial charge is 0.481 e. The number of hydrogen-bond donors (Lipinski definition) is 1. The van der Waals surface area contributed by atoms with Gasteiger partial charge in [0, 0.05) is 6.61 Å². The van der Waals surface area contributed by atoms with E-state index in [0.717, 1.165) is 25.9 Å². The zero-order valence-electron chi connectivity index (χ0n) is 11.8. The van der Waals surface area contributed by atoms with E-state index in [1.54, 1.807) is 6.92 Å². The van der Waals surface area contributed by atoms with Gasteiger partial charge in [-0.3, -0.25) is 4.79 Å². The normalized spacial score (nSPS) is 14.0. The van der Waals surface area contributed by atoms with E-state index in [-0.39, 0.29) is 5.92 Å². The van der Waals surface area contributed by atoms with Crippen molar-refractivity contribution in [3.63, 3.8) is 0 Å². The summed E-state index contributed by atoms with van der Waals surface area (Å²) in [5.41, 5.74) is 1.19. The molecular formula is C16H24O3. The second-order valence-electron chi connectivity index (χ2n) is 5.25. The molecule has 0 saturated heterocycles. The summed E-state index contributed by atoms with van der Waals surface area (Å²) in [5, 5.41) is 8.81. The summed E-state index contributed by atoms with van der Waals surface area (Å²) < 4.78 is 5.63. The van der Waals surface area contributed by atoms with Crippen molar-refractivity contribution in [2.75, 3.05) is 6.61 Å². The zero-order chi connectivity index (χ0) is 14.1. The molecule has 0 fully saturated rings. The molecule has 1 aromatic rings. The van der Waals surface area contributed by atoms with E-state index in [1.807, 2.05) is 18.2 Å². The van der Waals surface area contributed by atoms with Crippen molar-refractivity contribution in [3.05, 3.63) is 35.9 Å². The number of ether oxygens (including phenoxy) is 1. The molecule has 2 unspecified atom stereocenters. The highest BCUT2D eigenvalue weighted by Gasteiger charge is 2.12. The van der Waals surface area contributed by atoms with Crippen LogP contribution < -0.4 is 0 Å². The van der Waals surface area contributed by atoms with Gasteiger partial charge in [0.15, 0.2) is 0 Å². The highest BCUT2D eigenvalue weighted by atomic mass is 16.5. The molecule has 106 valence electrons. The third-order valence-corrected chi connectivity index (χ3v) is 3.38. The Balaban J connectivity index is 2.07. The highest BCUT2D eigenvalue weighted by molar-refractivity contribution is 5.69. The minimum atomic E-state index is -0.701. The van der Waals surface area contributed by atoms with Crippen LogP contribution in [0.1, 0.15) is 38.7 Å². The lowest BCUT2D eigenvalue weighted by atomic mass is 9.96. The quantitative estimate of drug-likeness (QED) is 0.691. The molecule has 0 saturated carbocycles. The lowest BCUT2D eigenvalue weighted by Gasteiger charge is -2.13. The van der Waals surface area contributed by atoms with Gasteiger partial charge < -0.3 is 9.84 Å². The summed E-state index contributed by atoms with van der Waals surface area (Å²) in [5.74, 6) is -0.433. The monoisotopic (exact) mass is 264 g/mol. The van der Waals surface area contributed by atoms with Crippen LogP contribution in [0.3, 0.4) is 0 Å². The highest BCUT2D eigenvalue weighted by Crippen LogP contribution is 2.15. The van der Waals surface area contributed by atoms with E-state index in [0.29, 0.717) is 12.5 Å². The Labute approximate surface area is 115 Å². The topological polar surface area (TPSA) is 46.5 Å². The molecule has 19 heavy (non-hydrogen) atoms. The summed E-state index contributed by atoms with van der Waals surface area (Å²) in [6.45, 7) is 5.30. The van der Waals surface area contributed by atoms with E-state index in [2.05, 4.69) is 19.1 Å². The third kappa shape index (κ3) is 6.97. The Morgan fingerprint density at radius 3 is 2.47 bits per heavy atom. The minimum absolute atomic E-state index is 0.243. The van der Waals surface area contributed by atoms with E-state index in [1.165, 1.54) is 5.56 Å². The Kier molecular flexibility index (Phi) is 7.19. The van der Waals surface area contributed by atoms with Gasteiger partial charge in [-0.1, -0.05) is 44.2 Å². The molecule has 0 radical (unpaired) electrons. The maximum Gasteiger partial charge on any atom is 0.306 e. The van der Waals surface area contributed by atoms with Gasteiger partial charge in [0.05, 0.1) is 12.5 Å². The van der Waals surface area contributed by atoms with Crippen LogP contribution in [-0.4, -0.2) is 17.7 Å². The van der Waals surface area contributed by atoms with Gasteiger partial charge >= 0.3 is 5.97 Å². The molecule has 3 nitrogen and oxygen atoms in total. The fraction of sp³-hybridized carbons (Fsp3) is 0.562. The summed E-state index contributed by atoms with van der Waals surface area (Å²) in [7, 11) is 0. The molecule has 0 aliphatic rings. The molecule has 0 aliphatic heterocycles. The van der Waals surface area contributed by atoms with Crippen LogP contribution in [0.4, 0.5) is 0 Å². The molecule has 1 aromatic carbocycles. The van der Waals surface area contributed by atoms with E-state index in [4.69, 9.17) is 9.84 Å². The maximum absolute atomic E-state index is 10.7. The number of carboxylic acid groups (broad SMARTS) is 1. The zero-order valence-corrected chi connectivity index (χ0v) is 11.8. The summed E-state index contributed by atoms with van der Waals surface area (Å²) in [4.78, 5) is 10.7. The van der Waals surface area contributed by atoms with Crippen LogP contribution in [-0.2, 0) is 16.1 Å². The first-order valence-corrected chi connectivity index (χ1v) is 6.94. The first-order chi connectivity index (χ1) is 9.09. The summed E-state index contributed by atoms with van der Waals surface area (Å²) in [6, 6.07) is 10.1. The number of aliphatic carboxylic acids is 1. The molecule has 0 aliphatic carbocycles. The fourth-order valence-electron chi connectivity index (χ4n) is 1.85. The Bertz CT molecular complexity index is 362. The molecule has 0 bridgehead atoms. The molecular weight excluding hydrogens is 240 g/mol. The van der Waals surface area contributed by atoms with Crippen LogP contribution in [0.15, 0.2) is 30.3 Å². The van der Waals surface area contributed by atoms with Gasteiger partial charge in [-0.25, -0.2) is 0 Å². The van der Waals surface area contributed by atoms with Crippen LogP contribution in [0, 0.1) is 11.8 Å². The maximum atomic E-state index is 10.7. The molecule has 0 aromatic heterocycles. The van der Waals surface area contributed by atoms with Crippen molar-refractivity contribution >= 4 is 5.97 Å². The smallest absolute Gasteiger partial charge is 0.306 e. The van der Waals surface area contributed by atoms with E-state index in [9.17, 15) is 4.79 Å². The number of hydrogen-bond acceptors (Lipinski definition) is 2. The van der Waals surface area contributed by atoms with Crippen molar-refractivity contribution in [1.82, 2.24) is 0 Å². The van der Waals surface area contributed by atoms with Crippen LogP contribution in [0.5, 0.6) is 0 Å². The minimum Gasteiger partial charge on any atom is -0.481 e. The van der Waals surface area contributed by atoms with Crippen molar-refractivity contribution in [2.24, 2.45) is 11.8 Å². The van der Waals surface area contributed by atoms with Crippen LogP contribution >= 0.6 is 0 Å². The van der Waals surface area contributed by atoms with Crippen LogP contribution in [0.2, 0.25) is 0 Å². The predicted octanol–water partition coefficient (Wildman–Crippen LogP) is 3.73. The van der Waals surface area contributed by atoms with Crippen molar-refractivity contribution < 1.29 is 14.6 Å². The first kappa shape index (κ1) is 15.7. The third-order valence-electron chi connectivity index (χ3n) is 3.38. The molecule has 0 spiro atoms. The molecule has 1 rings (SSSR count). The number of carboxylic acids is 1. The predicted molar refractivity (Wildman–Crippen MR) is 75.9 cm³/mol. The lowest BCUT2D eigenvalue weighted by molar-refractivity contribution is -0.141. The lowest BCUT2D eigenvalue weighted by Crippen LogP contribution is -2.11. The van der Waals surface area contributed by atoms with Gasteiger partial charge in [0.2, 0.25) is 0 Å².